The number of amides is 1. The highest BCUT2D eigenvalue weighted by Crippen LogP contribution is 2.25. The Labute approximate surface area is 72.0 Å². The molecule has 1 N–H and O–H groups in total. The molecule has 4 heteroatoms. The van der Waals surface area contributed by atoms with Crippen LogP contribution in [0.2, 0.25) is 0 Å². The van der Waals surface area contributed by atoms with Crippen molar-refractivity contribution in [2.75, 3.05) is 7.11 Å². The van der Waals surface area contributed by atoms with Crippen LogP contribution in [0.25, 0.3) is 0 Å². The van der Waals surface area contributed by atoms with Gasteiger partial charge in [0.2, 0.25) is 0 Å². The molecule has 12 heavy (non-hydrogen) atoms. The monoisotopic (exact) mass is 170 g/mol. The first-order valence-corrected chi connectivity index (χ1v) is 4.09. The lowest BCUT2D eigenvalue weighted by atomic mass is 9.82. The largest absolute Gasteiger partial charge is 0.399 e. The van der Waals surface area contributed by atoms with Crippen molar-refractivity contribution in [2.45, 2.75) is 25.8 Å². The van der Waals surface area contributed by atoms with Crippen LogP contribution in [0.5, 0.6) is 0 Å². The second kappa shape index (κ2) is 4.09. The van der Waals surface area contributed by atoms with Crippen LogP contribution in [0.3, 0.4) is 0 Å². The third kappa shape index (κ3) is 2.53. The van der Waals surface area contributed by atoms with Crippen LogP contribution in [0.15, 0.2) is 5.16 Å². The average molecular weight is 170 g/mol. The van der Waals surface area contributed by atoms with Crippen LogP contribution in [-0.2, 0) is 9.63 Å². The van der Waals surface area contributed by atoms with Crippen molar-refractivity contribution < 1.29 is 9.63 Å². The van der Waals surface area contributed by atoms with E-state index in [-0.39, 0.29) is 5.91 Å². The van der Waals surface area contributed by atoms with Gasteiger partial charge in [-0.1, -0.05) is 12.1 Å². The van der Waals surface area contributed by atoms with Gasteiger partial charge < -0.3 is 10.2 Å². The molecule has 0 heterocycles. The molecule has 4 nitrogen and oxygen atoms in total. The molecular weight excluding hydrogens is 156 g/mol. The third-order valence-corrected chi connectivity index (χ3v) is 2.00. The third-order valence-electron chi connectivity index (χ3n) is 2.00. The van der Waals surface area contributed by atoms with E-state index in [1.165, 1.54) is 7.11 Å². The molecule has 0 bridgehead atoms. The fourth-order valence-corrected chi connectivity index (χ4v) is 1.36. The van der Waals surface area contributed by atoms with E-state index < -0.39 is 0 Å². The molecule has 0 aliphatic heterocycles. The summed E-state index contributed by atoms with van der Waals surface area (Å²) in [7, 11) is 1.41. The molecule has 0 aromatic rings. The van der Waals surface area contributed by atoms with E-state index >= 15 is 0 Å². The minimum atomic E-state index is -0.172. The maximum Gasteiger partial charge on any atom is 0.266 e. The molecule has 1 fully saturated rings. The molecule has 68 valence electrons. The number of carbonyl (C=O) groups excluding carboxylic acids is 1. The topological polar surface area (TPSA) is 50.7 Å². The number of carbonyl (C=O) groups is 1. The van der Waals surface area contributed by atoms with Crippen molar-refractivity contribution >= 4 is 12.1 Å². The zero-order chi connectivity index (χ0) is 8.97. The van der Waals surface area contributed by atoms with Crippen LogP contribution < -0.4 is 5.32 Å². The van der Waals surface area contributed by atoms with Crippen molar-refractivity contribution in [3.63, 3.8) is 0 Å². The summed E-state index contributed by atoms with van der Waals surface area (Å²) in [5.74, 6) is 0.573. The Hall–Kier alpha value is -1.06. The first-order valence-electron chi connectivity index (χ1n) is 4.09. The maximum absolute atomic E-state index is 11.0. The van der Waals surface area contributed by atoms with Gasteiger partial charge in [-0.3, -0.25) is 4.79 Å². The summed E-state index contributed by atoms with van der Waals surface area (Å²) in [6.45, 7) is 2.17. The van der Waals surface area contributed by atoms with Crippen molar-refractivity contribution in [3.8, 4) is 0 Å². The average Bonchev–Trinajstić information content (AvgIpc) is 1.98. The zero-order valence-corrected chi connectivity index (χ0v) is 7.41. The lowest BCUT2D eigenvalue weighted by Crippen LogP contribution is -2.43. The second-order valence-corrected chi connectivity index (χ2v) is 3.20. The molecule has 1 aliphatic rings. The van der Waals surface area contributed by atoms with E-state index in [0.717, 1.165) is 25.0 Å². The SMILES string of the molecule is CO/N=C/C(=O)NC1CC(C)C1. The summed E-state index contributed by atoms with van der Waals surface area (Å²) < 4.78 is 0. The Balaban J connectivity index is 2.14. The van der Waals surface area contributed by atoms with Gasteiger partial charge in [-0.15, -0.1) is 0 Å². The normalized spacial score (nSPS) is 28.2. The first kappa shape index (κ1) is 9.03. The highest BCUT2D eigenvalue weighted by molar-refractivity contribution is 6.26. The van der Waals surface area contributed by atoms with Gasteiger partial charge in [-0.05, 0) is 18.8 Å². The first-order chi connectivity index (χ1) is 5.72. The maximum atomic E-state index is 11.0. The summed E-state index contributed by atoms with van der Waals surface area (Å²) in [5.41, 5.74) is 0. The van der Waals surface area contributed by atoms with Gasteiger partial charge in [-0.2, -0.15) is 0 Å². The molecule has 1 amide bonds. The molecule has 0 spiro atoms. The number of rotatable bonds is 3. The Morgan fingerprint density at radius 1 is 1.67 bits per heavy atom. The molecule has 1 rings (SSSR count). The second-order valence-electron chi connectivity index (χ2n) is 3.20. The Bertz CT molecular complexity index is 185. The van der Waals surface area contributed by atoms with Crippen molar-refractivity contribution in [1.29, 1.82) is 0 Å². The van der Waals surface area contributed by atoms with Crippen LogP contribution >= 0.6 is 0 Å². The quantitative estimate of drug-likeness (QED) is 0.496. The summed E-state index contributed by atoms with van der Waals surface area (Å²) >= 11 is 0. The summed E-state index contributed by atoms with van der Waals surface area (Å²) in [4.78, 5) is 15.3. The number of nitrogens with zero attached hydrogens (tertiary/aromatic N) is 1. The van der Waals surface area contributed by atoms with Gasteiger partial charge in [0.05, 0.1) is 0 Å². The van der Waals surface area contributed by atoms with Crippen LogP contribution in [0.4, 0.5) is 0 Å². The van der Waals surface area contributed by atoms with Crippen molar-refractivity contribution in [3.05, 3.63) is 0 Å². The standard InChI is InChI=1S/C8H14N2O2/c1-6-3-7(4-6)10-8(11)5-9-12-2/h5-7H,3-4H2,1-2H3,(H,10,11)/b9-5+. The minimum absolute atomic E-state index is 0.172. The molecule has 0 radical (unpaired) electrons. The highest BCUT2D eigenvalue weighted by atomic mass is 16.6. The molecule has 0 atom stereocenters. The van der Waals surface area contributed by atoms with Gasteiger partial charge in [-0.25, -0.2) is 0 Å². The van der Waals surface area contributed by atoms with Gasteiger partial charge in [0.15, 0.2) is 0 Å². The number of hydrogen-bond donors (Lipinski definition) is 1. The predicted molar refractivity (Wildman–Crippen MR) is 45.8 cm³/mol. The van der Waals surface area contributed by atoms with Crippen LogP contribution in [-0.4, -0.2) is 25.3 Å². The fraction of sp³-hybridized carbons (Fsp3) is 0.750. The zero-order valence-electron chi connectivity index (χ0n) is 7.41. The number of nitrogens with one attached hydrogen (secondary N) is 1. The number of hydrogen-bond acceptors (Lipinski definition) is 3. The van der Waals surface area contributed by atoms with E-state index in [9.17, 15) is 4.79 Å². The summed E-state index contributed by atoms with van der Waals surface area (Å²) in [6, 6.07) is 0.343. The van der Waals surface area contributed by atoms with Crippen LogP contribution in [0.1, 0.15) is 19.8 Å². The van der Waals surface area contributed by atoms with E-state index in [0.29, 0.717) is 6.04 Å². The van der Waals surface area contributed by atoms with Crippen molar-refractivity contribution in [2.24, 2.45) is 11.1 Å². The molecule has 1 aliphatic carbocycles. The van der Waals surface area contributed by atoms with Crippen LogP contribution in [0, 0.1) is 5.92 Å². The Morgan fingerprint density at radius 2 is 2.33 bits per heavy atom. The molecule has 1 saturated carbocycles. The summed E-state index contributed by atoms with van der Waals surface area (Å²) in [6.07, 6.45) is 3.31. The molecule has 0 saturated heterocycles. The predicted octanol–water partition coefficient (Wildman–Crippen LogP) is 0.533. The van der Waals surface area contributed by atoms with E-state index in [1.54, 1.807) is 0 Å². The Morgan fingerprint density at radius 3 is 2.83 bits per heavy atom. The van der Waals surface area contributed by atoms with Crippen molar-refractivity contribution in [1.82, 2.24) is 5.32 Å². The summed E-state index contributed by atoms with van der Waals surface area (Å²) in [5, 5.41) is 6.18. The lowest BCUT2D eigenvalue weighted by Gasteiger charge is -2.32. The number of oxime groups is 1. The van der Waals surface area contributed by atoms with Gasteiger partial charge in [0.1, 0.15) is 13.3 Å². The molecule has 0 unspecified atom stereocenters. The smallest absolute Gasteiger partial charge is 0.266 e. The Kier molecular flexibility index (Phi) is 3.08. The van der Waals surface area contributed by atoms with E-state index in [1.807, 2.05) is 0 Å². The fourth-order valence-electron chi connectivity index (χ4n) is 1.36. The van der Waals surface area contributed by atoms with E-state index in [4.69, 9.17) is 0 Å². The molecule has 0 aromatic carbocycles. The molecule has 0 aromatic heterocycles. The van der Waals surface area contributed by atoms with Gasteiger partial charge in [0, 0.05) is 6.04 Å². The van der Waals surface area contributed by atoms with Gasteiger partial charge in [0.25, 0.3) is 5.91 Å². The van der Waals surface area contributed by atoms with Gasteiger partial charge >= 0.3 is 0 Å². The highest BCUT2D eigenvalue weighted by Gasteiger charge is 2.25. The van der Waals surface area contributed by atoms with E-state index in [2.05, 4.69) is 22.2 Å². The minimum Gasteiger partial charge on any atom is -0.399 e. The molecular formula is C8H14N2O2. The lowest BCUT2D eigenvalue weighted by molar-refractivity contribution is -0.115.